The lowest BCUT2D eigenvalue weighted by atomic mass is 10.1. The van der Waals surface area contributed by atoms with Crippen molar-refractivity contribution in [2.45, 2.75) is 45.1 Å². The van der Waals surface area contributed by atoms with Crippen molar-refractivity contribution in [1.82, 2.24) is 10.6 Å². The summed E-state index contributed by atoms with van der Waals surface area (Å²) in [5.74, 6) is 0.329. The highest BCUT2D eigenvalue weighted by atomic mass is 32.2. The molecule has 18 heavy (non-hydrogen) atoms. The van der Waals surface area contributed by atoms with Crippen LogP contribution in [0.25, 0.3) is 0 Å². The molecule has 0 aromatic carbocycles. The predicted octanol–water partition coefficient (Wildman–Crippen LogP) is 2.07. The van der Waals surface area contributed by atoms with Gasteiger partial charge in [-0.1, -0.05) is 0 Å². The number of hydrogen-bond acceptors (Lipinski definition) is 3. The molecule has 0 radical (unpaired) electrons. The summed E-state index contributed by atoms with van der Waals surface area (Å²) in [7, 11) is 0. The smallest absolute Gasteiger partial charge is 0.314 e. The van der Waals surface area contributed by atoms with Crippen molar-refractivity contribution in [1.29, 1.82) is 0 Å². The average Bonchev–Trinajstić information content (AvgIpc) is 2.28. The first kappa shape index (κ1) is 17.1. The van der Waals surface area contributed by atoms with Gasteiger partial charge in [-0.25, -0.2) is 4.79 Å². The number of hydrogen-bond donors (Lipinski definition) is 3. The lowest BCUT2D eigenvalue weighted by Crippen LogP contribution is -2.41. The van der Waals surface area contributed by atoms with E-state index in [1.807, 2.05) is 6.92 Å². The zero-order valence-electron chi connectivity index (χ0n) is 11.2. The van der Waals surface area contributed by atoms with Crippen LogP contribution in [0.15, 0.2) is 0 Å². The summed E-state index contributed by atoms with van der Waals surface area (Å²) >= 11 is 1.81. The number of amides is 2. The minimum absolute atomic E-state index is 0.00977. The van der Waals surface area contributed by atoms with Crippen molar-refractivity contribution in [2.75, 3.05) is 18.6 Å². The minimum Gasteiger partial charge on any atom is -0.481 e. The Kier molecular flexibility index (Phi) is 10.6. The molecule has 6 heteroatoms. The first-order valence-corrected chi connectivity index (χ1v) is 7.70. The van der Waals surface area contributed by atoms with Crippen molar-refractivity contribution in [3.63, 3.8) is 0 Å². The Balaban J connectivity index is 3.46. The summed E-state index contributed by atoms with van der Waals surface area (Å²) < 4.78 is 0. The van der Waals surface area contributed by atoms with Crippen LogP contribution in [0.4, 0.5) is 4.79 Å². The summed E-state index contributed by atoms with van der Waals surface area (Å²) in [4.78, 5) is 21.8. The van der Waals surface area contributed by atoms with Gasteiger partial charge in [-0.3, -0.25) is 4.79 Å². The van der Waals surface area contributed by atoms with E-state index in [-0.39, 0.29) is 18.5 Å². The highest BCUT2D eigenvalue weighted by Crippen LogP contribution is 2.00. The van der Waals surface area contributed by atoms with Crippen molar-refractivity contribution in [3.8, 4) is 0 Å². The third-order valence-electron chi connectivity index (χ3n) is 2.47. The molecule has 106 valence electrons. The van der Waals surface area contributed by atoms with Gasteiger partial charge in [0.25, 0.3) is 0 Å². The van der Waals surface area contributed by atoms with Crippen LogP contribution < -0.4 is 10.6 Å². The number of unbranched alkanes of at least 4 members (excludes halogenated alkanes) is 1. The van der Waals surface area contributed by atoms with E-state index in [0.29, 0.717) is 19.4 Å². The topological polar surface area (TPSA) is 78.4 Å². The van der Waals surface area contributed by atoms with Gasteiger partial charge in [0.15, 0.2) is 0 Å². The van der Waals surface area contributed by atoms with Crippen LogP contribution in [0.1, 0.15) is 39.0 Å². The highest BCUT2D eigenvalue weighted by Gasteiger charge is 2.07. The van der Waals surface area contributed by atoms with Crippen molar-refractivity contribution in [2.24, 2.45) is 0 Å². The van der Waals surface area contributed by atoms with Crippen LogP contribution in [-0.4, -0.2) is 41.7 Å². The lowest BCUT2D eigenvalue weighted by Gasteiger charge is -2.14. The summed E-state index contributed by atoms with van der Waals surface area (Å²) in [5.41, 5.74) is 0. The fourth-order valence-electron chi connectivity index (χ4n) is 1.48. The fraction of sp³-hybridized carbons (Fsp3) is 0.833. The first-order valence-electron chi connectivity index (χ1n) is 6.31. The molecule has 0 fully saturated rings. The lowest BCUT2D eigenvalue weighted by molar-refractivity contribution is -0.137. The number of carbonyl (C=O) groups is 2. The van der Waals surface area contributed by atoms with Gasteiger partial charge < -0.3 is 15.7 Å². The highest BCUT2D eigenvalue weighted by molar-refractivity contribution is 7.98. The number of nitrogens with one attached hydrogen (secondary N) is 2. The molecule has 0 rings (SSSR count). The van der Waals surface area contributed by atoms with Gasteiger partial charge in [0.1, 0.15) is 0 Å². The number of aliphatic carboxylic acids is 1. The predicted molar refractivity (Wildman–Crippen MR) is 75.1 cm³/mol. The molecule has 0 bridgehead atoms. The van der Waals surface area contributed by atoms with Crippen LogP contribution in [0, 0.1) is 0 Å². The largest absolute Gasteiger partial charge is 0.481 e. The van der Waals surface area contributed by atoms with E-state index in [1.54, 1.807) is 11.8 Å². The van der Waals surface area contributed by atoms with E-state index in [4.69, 9.17) is 5.11 Å². The molecule has 0 saturated heterocycles. The maximum Gasteiger partial charge on any atom is 0.314 e. The second kappa shape index (κ2) is 11.2. The third-order valence-corrected chi connectivity index (χ3v) is 3.16. The van der Waals surface area contributed by atoms with Gasteiger partial charge in [-0.2, -0.15) is 11.8 Å². The monoisotopic (exact) mass is 276 g/mol. The van der Waals surface area contributed by atoms with Crippen molar-refractivity contribution in [3.05, 3.63) is 0 Å². The zero-order valence-corrected chi connectivity index (χ0v) is 12.0. The third kappa shape index (κ3) is 11.6. The van der Waals surface area contributed by atoms with Gasteiger partial charge in [0.2, 0.25) is 0 Å². The zero-order chi connectivity index (χ0) is 13.8. The molecule has 1 atom stereocenters. The summed E-state index contributed by atoms with van der Waals surface area (Å²) in [6, 6.07) is -0.155. The molecule has 3 N–H and O–H groups in total. The fourth-order valence-corrected chi connectivity index (χ4v) is 1.97. The molecule has 0 aromatic heterocycles. The maximum absolute atomic E-state index is 11.4. The number of thioether (sulfide) groups is 1. The van der Waals surface area contributed by atoms with Gasteiger partial charge >= 0.3 is 12.0 Å². The summed E-state index contributed by atoms with van der Waals surface area (Å²) in [6.45, 7) is 2.57. The molecule has 0 saturated carbocycles. The Morgan fingerprint density at radius 2 is 2.00 bits per heavy atom. The Labute approximate surface area is 113 Å². The van der Waals surface area contributed by atoms with E-state index in [1.165, 1.54) is 0 Å². The van der Waals surface area contributed by atoms with Crippen LogP contribution in [-0.2, 0) is 4.79 Å². The number of carboxylic acid groups (broad SMARTS) is 1. The standard InChI is InChI=1S/C12H24N2O3S/c1-10(6-5-7-11(15)16)14-12(17)13-8-3-4-9-18-2/h10H,3-9H2,1-2H3,(H,15,16)(H2,13,14,17). The van der Waals surface area contributed by atoms with Crippen molar-refractivity contribution >= 4 is 23.8 Å². The number of carbonyl (C=O) groups excluding carboxylic acids is 1. The minimum atomic E-state index is -0.791. The molecule has 2 amide bonds. The first-order chi connectivity index (χ1) is 8.56. The van der Waals surface area contributed by atoms with E-state index >= 15 is 0 Å². The molecule has 0 aliphatic carbocycles. The number of rotatable bonds is 10. The van der Waals surface area contributed by atoms with Crippen LogP contribution >= 0.6 is 11.8 Å². The number of carboxylic acids is 1. The summed E-state index contributed by atoms with van der Waals surface area (Å²) in [6.07, 6.45) is 5.59. The van der Waals surface area contributed by atoms with E-state index < -0.39 is 5.97 Å². The van der Waals surface area contributed by atoms with Gasteiger partial charge in [0.05, 0.1) is 0 Å². The average molecular weight is 276 g/mol. The Hall–Kier alpha value is -0.910. The van der Waals surface area contributed by atoms with Gasteiger partial charge in [-0.05, 0) is 44.6 Å². The molecule has 5 nitrogen and oxygen atoms in total. The van der Waals surface area contributed by atoms with E-state index in [9.17, 15) is 9.59 Å². The second-order valence-corrected chi connectivity index (χ2v) is 5.27. The van der Waals surface area contributed by atoms with Crippen LogP contribution in [0.3, 0.4) is 0 Å². The van der Waals surface area contributed by atoms with E-state index in [2.05, 4.69) is 16.9 Å². The molecule has 0 aliphatic rings. The number of urea groups is 1. The van der Waals surface area contributed by atoms with Gasteiger partial charge in [0, 0.05) is 19.0 Å². The Morgan fingerprint density at radius 1 is 1.28 bits per heavy atom. The van der Waals surface area contributed by atoms with Crippen molar-refractivity contribution < 1.29 is 14.7 Å². The molecule has 0 heterocycles. The summed E-state index contributed by atoms with van der Waals surface area (Å²) in [5, 5.41) is 14.1. The Bertz CT molecular complexity index is 249. The molecule has 0 spiro atoms. The van der Waals surface area contributed by atoms with Crippen LogP contribution in [0.2, 0.25) is 0 Å². The van der Waals surface area contributed by atoms with E-state index in [0.717, 1.165) is 18.6 Å². The molecule has 0 aromatic rings. The molecular formula is C12H24N2O3S. The quantitative estimate of drug-likeness (QED) is 0.534. The maximum atomic E-state index is 11.4. The SMILES string of the molecule is CSCCCCNC(=O)NC(C)CCCC(=O)O. The molecule has 0 aliphatic heterocycles. The normalized spacial score (nSPS) is 11.9. The van der Waals surface area contributed by atoms with Crippen LogP contribution in [0.5, 0.6) is 0 Å². The van der Waals surface area contributed by atoms with Gasteiger partial charge in [-0.15, -0.1) is 0 Å². The molecular weight excluding hydrogens is 252 g/mol. The second-order valence-electron chi connectivity index (χ2n) is 4.29. The molecule has 1 unspecified atom stereocenters. The Morgan fingerprint density at radius 3 is 2.61 bits per heavy atom.